The minimum Gasteiger partial charge on any atom is -0.357 e. The highest BCUT2D eigenvalue weighted by Gasteiger charge is 2.06. The van der Waals surface area contributed by atoms with E-state index in [1.807, 2.05) is 47.3 Å². The predicted molar refractivity (Wildman–Crippen MR) is 95.9 cm³/mol. The van der Waals surface area contributed by atoms with E-state index in [9.17, 15) is 0 Å². The van der Waals surface area contributed by atoms with Gasteiger partial charge in [0.2, 0.25) is 0 Å². The number of hydrogen-bond acceptors (Lipinski definition) is 2. The van der Waals surface area contributed by atoms with E-state index in [0.717, 1.165) is 30.4 Å². The Morgan fingerprint density at radius 1 is 1.22 bits per heavy atom. The van der Waals surface area contributed by atoms with E-state index in [1.54, 1.807) is 0 Å². The van der Waals surface area contributed by atoms with Gasteiger partial charge in [0.05, 0.1) is 17.9 Å². The summed E-state index contributed by atoms with van der Waals surface area (Å²) in [5.74, 6) is 0.940. The summed E-state index contributed by atoms with van der Waals surface area (Å²) in [5.41, 5.74) is 2.03. The molecule has 23 heavy (non-hydrogen) atoms. The first kappa shape index (κ1) is 17.1. The molecular formula is C18H27N5. The Labute approximate surface area is 139 Å². The van der Waals surface area contributed by atoms with Gasteiger partial charge < -0.3 is 10.2 Å². The molecule has 0 aliphatic carbocycles. The summed E-state index contributed by atoms with van der Waals surface area (Å²) in [7, 11) is 2.08. The first-order chi connectivity index (χ1) is 11.2. The molecule has 0 saturated carbocycles. The number of aliphatic imine (C=N–C) groups is 1. The molecule has 0 amide bonds. The van der Waals surface area contributed by atoms with E-state index in [-0.39, 0.29) is 0 Å². The molecule has 2 rings (SSSR count). The van der Waals surface area contributed by atoms with Gasteiger partial charge in [0.25, 0.3) is 0 Å². The van der Waals surface area contributed by atoms with E-state index in [1.165, 1.54) is 12.8 Å². The Balaban J connectivity index is 2.03. The zero-order valence-electron chi connectivity index (χ0n) is 14.4. The molecule has 0 aliphatic heterocycles. The molecule has 2 aromatic rings. The van der Waals surface area contributed by atoms with Crippen molar-refractivity contribution >= 4 is 5.96 Å². The van der Waals surface area contributed by atoms with E-state index in [4.69, 9.17) is 4.99 Å². The van der Waals surface area contributed by atoms with Crippen LogP contribution in [-0.2, 0) is 6.54 Å². The van der Waals surface area contributed by atoms with Gasteiger partial charge in [-0.3, -0.25) is 0 Å². The smallest absolute Gasteiger partial charge is 0.194 e. The Morgan fingerprint density at radius 2 is 2.00 bits per heavy atom. The second kappa shape index (κ2) is 8.98. The maximum Gasteiger partial charge on any atom is 0.194 e. The van der Waals surface area contributed by atoms with Crippen LogP contribution in [0.5, 0.6) is 0 Å². The van der Waals surface area contributed by atoms with Gasteiger partial charge in [-0.05, 0) is 31.5 Å². The van der Waals surface area contributed by atoms with Gasteiger partial charge in [-0.25, -0.2) is 9.67 Å². The summed E-state index contributed by atoms with van der Waals surface area (Å²) in [6, 6.07) is 12.1. The van der Waals surface area contributed by atoms with Crippen LogP contribution in [0.2, 0.25) is 0 Å². The van der Waals surface area contributed by atoms with Crippen LogP contribution >= 0.6 is 0 Å². The molecule has 0 saturated heterocycles. The molecule has 0 spiro atoms. The molecule has 0 atom stereocenters. The molecule has 1 N–H and O–H groups in total. The summed E-state index contributed by atoms with van der Waals surface area (Å²) >= 11 is 0. The van der Waals surface area contributed by atoms with Gasteiger partial charge in [0.15, 0.2) is 5.96 Å². The maximum atomic E-state index is 4.70. The van der Waals surface area contributed by atoms with Gasteiger partial charge in [-0.1, -0.05) is 31.5 Å². The van der Waals surface area contributed by atoms with Gasteiger partial charge >= 0.3 is 0 Å². The molecular weight excluding hydrogens is 286 g/mol. The predicted octanol–water partition coefficient (Wildman–Crippen LogP) is 3.07. The van der Waals surface area contributed by atoms with E-state index in [0.29, 0.717) is 6.54 Å². The Hall–Kier alpha value is -2.30. The van der Waals surface area contributed by atoms with Crippen LogP contribution in [0, 0.1) is 0 Å². The van der Waals surface area contributed by atoms with E-state index >= 15 is 0 Å². The number of unbranched alkanes of at least 4 members (excludes halogenated alkanes) is 1. The molecule has 1 heterocycles. The SMILES string of the molecule is CCCCN(C)C(=NCc1ccn(-c2ccccc2)n1)NCC. The standard InChI is InChI=1S/C18H27N5/c1-4-6-13-22(3)18(19-5-2)20-15-16-12-14-23(21-16)17-10-8-7-9-11-17/h7-12,14H,4-6,13,15H2,1-3H3,(H,19,20). The monoisotopic (exact) mass is 313 g/mol. The molecule has 124 valence electrons. The topological polar surface area (TPSA) is 45.5 Å². The average molecular weight is 313 g/mol. The number of nitrogens with one attached hydrogen (secondary N) is 1. The average Bonchev–Trinajstić information content (AvgIpc) is 3.06. The quantitative estimate of drug-likeness (QED) is 0.631. The van der Waals surface area contributed by atoms with Gasteiger partial charge in [-0.2, -0.15) is 5.10 Å². The van der Waals surface area contributed by atoms with Crippen LogP contribution in [-0.4, -0.2) is 40.8 Å². The number of guanidine groups is 1. The maximum absolute atomic E-state index is 4.70. The van der Waals surface area contributed by atoms with Crippen LogP contribution in [0.25, 0.3) is 5.69 Å². The minimum atomic E-state index is 0.582. The first-order valence-electron chi connectivity index (χ1n) is 8.34. The van der Waals surface area contributed by atoms with Crippen molar-refractivity contribution in [3.05, 3.63) is 48.3 Å². The third-order valence-corrected chi connectivity index (χ3v) is 3.60. The molecule has 0 fully saturated rings. The second-order valence-electron chi connectivity index (χ2n) is 5.53. The second-order valence-corrected chi connectivity index (χ2v) is 5.53. The number of nitrogens with zero attached hydrogens (tertiary/aromatic N) is 4. The van der Waals surface area contributed by atoms with Crippen molar-refractivity contribution in [2.75, 3.05) is 20.1 Å². The summed E-state index contributed by atoms with van der Waals surface area (Å²) in [6.45, 7) is 6.76. The van der Waals surface area contributed by atoms with Gasteiger partial charge in [0, 0.05) is 26.3 Å². The fourth-order valence-corrected chi connectivity index (χ4v) is 2.30. The molecule has 1 aromatic heterocycles. The van der Waals surface area contributed by atoms with E-state index < -0.39 is 0 Å². The Kier molecular flexibility index (Phi) is 6.66. The number of rotatable bonds is 7. The van der Waals surface area contributed by atoms with Gasteiger partial charge in [-0.15, -0.1) is 0 Å². The highest BCUT2D eigenvalue weighted by atomic mass is 15.3. The Morgan fingerprint density at radius 3 is 2.70 bits per heavy atom. The van der Waals surface area contributed by atoms with Crippen LogP contribution < -0.4 is 5.32 Å². The van der Waals surface area contributed by atoms with Crippen molar-refractivity contribution in [1.82, 2.24) is 20.0 Å². The highest BCUT2D eigenvalue weighted by Crippen LogP contribution is 2.07. The summed E-state index contributed by atoms with van der Waals surface area (Å²) < 4.78 is 1.89. The van der Waals surface area contributed by atoms with Crippen LogP contribution in [0.3, 0.4) is 0 Å². The number of aromatic nitrogens is 2. The molecule has 5 nitrogen and oxygen atoms in total. The third kappa shape index (κ3) is 5.13. The lowest BCUT2D eigenvalue weighted by atomic mass is 10.3. The van der Waals surface area contributed by atoms with Crippen molar-refractivity contribution in [2.24, 2.45) is 4.99 Å². The lowest BCUT2D eigenvalue weighted by Gasteiger charge is -2.21. The van der Waals surface area contributed by atoms with Crippen molar-refractivity contribution in [2.45, 2.75) is 33.2 Å². The van der Waals surface area contributed by atoms with Crippen molar-refractivity contribution in [1.29, 1.82) is 0 Å². The lowest BCUT2D eigenvalue weighted by Crippen LogP contribution is -2.39. The number of hydrogen-bond donors (Lipinski definition) is 1. The zero-order chi connectivity index (χ0) is 16.5. The van der Waals surface area contributed by atoms with E-state index in [2.05, 4.69) is 36.2 Å². The molecule has 0 radical (unpaired) electrons. The van der Waals surface area contributed by atoms with Gasteiger partial charge in [0.1, 0.15) is 0 Å². The van der Waals surface area contributed by atoms with Crippen molar-refractivity contribution in [3.63, 3.8) is 0 Å². The molecule has 0 unspecified atom stereocenters. The normalized spacial score (nSPS) is 11.5. The summed E-state index contributed by atoms with van der Waals surface area (Å²) in [5, 5.41) is 7.94. The Bertz CT molecular complexity index is 603. The molecule has 0 bridgehead atoms. The first-order valence-corrected chi connectivity index (χ1v) is 8.34. The fourth-order valence-electron chi connectivity index (χ4n) is 2.30. The summed E-state index contributed by atoms with van der Waals surface area (Å²) in [4.78, 5) is 6.88. The highest BCUT2D eigenvalue weighted by molar-refractivity contribution is 5.79. The lowest BCUT2D eigenvalue weighted by molar-refractivity contribution is 0.464. The number of benzene rings is 1. The molecule has 0 aliphatic rings. The van der Waals surface area contributed by atoms with Crippen molar-refractivity contribution in [3.8, 4) is 5.69 Å². The van der Waals surface area contributed by atoms with Crippen molar-refractivity contribution < 1.29 is 0 Å². The van der Waals surface area contributed by atoms with Crippen LogP contribution in [0.1, 0.15) is 32.4 Å². The number of para-hydroxylation sites is 1. The fraction of sp³-hybridized carbons (Fsp3) is 0.444. The largest absolute Gasteiger partial charge is 0.357 e. The molecule has 5 heteroatoms. The zero-order valence-corrected chi connectivity index (χ0v) is 14.4. The van der Waals surface area contributed by atoms with Crippen LogP contribution in [0.4, 0.5) is 0 Å². The summed E-state index contributed by atoms with van der Waals surface area (Å²) in [6.07, 6.45) is 4.34. The third-order valence-electron chi connectivity index (χ3n) is 3.60. The molecule has 1 aromatic carbocycles. The van der Waals surface area contributed by atoms with Crippen LogP contribution in [0.15, 0.2) is 47.6 Å². The minimum absolute atomic E-state index is 0.582.